The second kappa shape index (κ2) is 5.40. The number of hydrogen-bond donors (Lipinski definition) is 2. The van der Waals surface area contributed by atoms with Crippen molar-refractivity contribution in [3.63, 3.8) is 0 Å². The van der Waals surface area contributed by atoms with Crippen molar-refractivity contribution >= 4 is 11.7 Å². The van der Waals surface area contributed by atoms with E-state index in [0.29, 0.717) is 12.0 Å². The lowest BCUT2D eigenvalue weighted by Crippen LogP contribution is -2.35. The second-order valence-corrected chi connectivity index (χ2v) is 6.11. The average Bonchev–Trinajstić information content (AvgIpc) is 2.69. The van der Waals surface area contributed by atoms with Crippen LogP contribution in [-0.2, 0) is 0 Å². The summed E-state index contributed by atoms with van der Waals surface area (Å²) >= 11 is 0. The zero-order chi connectivity index (χ0) is 15.0. The van der Waals surface area contributed by atoms with Crippen molar-refractivity contribution in [3.05, 3.63) is 22.9 Å². The van der Waals surface area contributed by atoms with Gasteiger partial charge >= 0.3 is 0 Å². The number of rotatable bonds is 3. The number of hydrogen-bond acceptors (Lipinski definition) is 4. The number of nitrogens with two attached hydrogens (primary N) is 1. The molecular formula is C15H25N5. The minimum atomic E-state index is 0.103. The fourth-order valence-electron chi connectivity index (χ4n) is 3.17. The van der Waals surface area contributed by atoms with Gasteiger partial charge in [0.1, 0.15) is 11.7 Å². The molecule has 1 aliphatic heterocycles. The van der Waals surface area contributed by atoms with Gasteiger partial charge in [-0.05, 0) is 45.5 Å². The molecule has 20 heavy (non-hydrogen) atoms. The predicted octanol–water partition coefficient (Wildman–Crippen LogP) is 1.37. The van der Waals surface area contributed by atoms with Crippen LogP contribution < -0.4 is 10.6 Å². The molecule has 0 radical (unpaired) electrons. The Morgan fingerprint density at radius 1 is 1.40 bits per heavy atom. The van der Waals surface area contributed by atoms with Crippen molar-refractivity contribution in [3.8, 4) is 0 Å². The van der Waals surface area contributed by atoms with E-state index in [2.05, 4.69) is 35.8 Å². The van der Waals surface area contributed by atoms with Crippen LogP contribution in [0, 0.1) is 25.2 Å². The molecule has 2 heterocycles. The lowest BCUT2D eigenvalue weighted by atomic mass is 10.1. The lowest BCUT2D eigenvalue weighted by molar-refractivity contribution is 0.266. The van der Waals surface area contributed by atoms with Gasteiger partial charge in [0.2, 0.25) is 0 Å². The SMILES string of the molecule is Cc1cc(C)c(C(=N)N)c(N2CC(C)C(N(C)C)C2)n1. The van der Waals surface area contributed by atoms with Gasteiger partial charge in [-0.1, -0.05) is 6.92 Å². The molecule has 2 rings (SSSR count). The summed E-state index contributed by atoms with van der Waals surface area (Å²) in [6.07, 6.45) is 0. The molecule has 0 bridgehead atoms. The molecule has 1 fully saturated rings. The molecule has 2 atom stereocenters. The number of anilines is 1. The van der Waals surface area contributed by atoms with Crippen LogP contribution >= 0.6 is 0 Å². The van der Waals surface area contributed by atoms with E-state index in [4.69, 9.17) is 11.1 Å². The molecule has 1 saturated heterocycles. The Kier molecular flexibility index (Phi) is 3.99. The number of aryl methyl sites for hydroxylation is 2. The highest BCUT2D eigenvalue weighted by molar-refractivity contribution is 6.01. The molecule has 5 heteroatoms. The molecule has 0 aliphatic carbocycles. The molecule has 1 aliphatic rings. The van der Waals surface area contributed by atoms with Gasteiger partial charge < -0.3 is 15.5 Å². The number of pyridine rings is 1. The highest BCUT2D eigenvalue weighted by atomic mass is 15.3. The fraction of sp³-hybridized carbons (Fsp3) is 0.600. The van der Waals surface area contributed by atoms with Crippen LogP contribution in [0.25, 0.3) is 0 Å². The van der Waals surface area contributed by atoms with Crippen molar-refractivity contribution in [1.29, 1.82) is 5.41 Å². The van der Waals surface area contributed by atoms with Crippen LogP contribution in [0.2, 0.25) is 0 Å². The summed E-state index contributed by atoms with van der Waals surface area (Å²) in [5, 5.41) is 7.84. The van der Waals surface area contributed by atoms with Crippen molar-refractivity contribution in [1.82, 2.24) is 9.88 Å². The quantitative estimate of drug-likeness (QED) is 0.646. The summed E-state index contributed by atoms with van der Waals surface area (Å²) in [6.45, 7) is 8.14. The van der Waals surface area contributed by atoms with Gasteiger partial charge in [-0.3, -0.25) is 5.41 Å². The summed E-state index contributed by atoms with van der Waals surface area (Å²) < 4.78 is 0. The van der Waals surface area contributed by atoms with E-state index in [-0.39, 0.29) is 5.84 Å². The molecule has 0 saturated carbocycles. The zero-order valence-corrected chi connectivity index (χ0v) is 13.1. The fourth-order valence-corrected chi connectivity index (χ4v) is 3.17. The molecule has 1 aromatic rings. The topological polar surface area (TPSA) is 69.2 Å². The van der Waals surface area contributed by atoms with Crippen molar-refractivity contribution in [2.45, 2.75) is 26.8 Å². The van der Waals surface area contributed by atoms with Gasteiger partial charge in [0, 0.05) is 24.8 Å². The van der Waals surface area contributed by atoms with Gasteiger partial charge in [0.05, 0.1) is 5.56 Å². The van der Waals surface area contributed by atoms with Crippen molar-refractivity contribution in [2.75, 3.05) is 32.1 Å². The summed E-state index contributed by atoms with van der Waals surface area (Å²) in [7, 11) is 4.23. The van der Waals surface area contributed by atoms with Crippen LogP contribution in [0.4, 0.5) is 5.82 Å². The van der Waals surface area contributed by atoms with E-state index in [1.165, 1.54) is 0 Å². The maximum Gasteiger partial charge on any atom is 0.140 e. The summed E-state index contributed by atoms with van der Waals surface area (Å²) in [6, 6.07) is 2.50. The van der Waals surface area contributed by atoms with Gasteiger partial charge in [-0.25, -0.2) is 4.98 Å². The van der Waals surface area contributed by atoms with E-state index in [1.807, 2.05) is 19.9 Å². The highest BCUT2D eigenvalue weighted by Crippen LogP contribution is 2.29. The molecule has 2 unspecified atom stereocenters. The van der Waals surface area contributed by atoms with E-state index < -0.39 is 0 Å². The van der Waals surface area contributed by atoms with E-state index in [1.54, 1.807) is 0 Å². The molecule has 5 nitrogen and oxygen atoms in total. The normalized spacial score (nSPS) is 22.6. The first kappa shape index (κ1) is 14.8. The summed E-state index contributed by atoms with van der Waals surface area (Å²) in [5.41, 5.74) is 8.55. The first-order chi connectivity index (χ1) is 9.31. The Balaban J connectivity index is 2.41. The number of aromatic nitrogens is 1. The smallest absolute Gasteiger partial charge is 0.140 e. The third-order valence-corrected chi connectivity index (χ3v) is 4.13. The molecule has 0 spiro atoms. The van der Waals surface area contributed by atoms with Crippen molar-refractivity contribution < 1.29 is 0 Å². The van der Waals surface area contributed by atoms with Gasteiger partial charge in [0.25, 0.3) is 0 Å². The van der Waals surface area contributed by atoms with Gasteiger partial charge in [-0.15, -0.1) is 0 Å². The lowest BCUT2D eigenvalue weighted by Gasteiger charge is -2.24. The number of nitrogen functional groups attached to an aromatic ring is 1. The average molecular weight is 275 g/mol. The molecular weight excluding hydrogens is 250 g/mol. The third kappa shape index (κ3) is 2.63. The summed E-state index contributed by atoms with van der Waals surface area (Å²) in [4.78, 5) is 9.19. The Bertz CT molecular complexity index is 523. The number of nitrogens with one attached hydrogen (secondary N) is 1. The molecule has 1 aromatic heterocycles. The maximum atomic E-state index is 7.84. The predicted molar refractivity (Wildman–Crippen MR) is 83.6 cm³/mol. The number of nitrogens with zero attached hydrogens (tertiary/aromatic N) is 3. The van der Waals surface area contributed by atoms with E-state index in [9.17, 15) is 0 Å². The van der Waals surface area contributed by atoms with Crippen LogP contribution in [-0.4, -0.2) is 48.9 Å². The second-order valence-electron chi connectivity index (χ2n) is 6.11. The van der Waals surface area contributed by atoms with Gasteiger partial charge in [-0.2, -0.15) is 0 Å². The minimum absolute atomic E-state index is 0.103. The number of likely N-dealkylation sites (N-methyl/N-ethyl adjacent to an activating group) is 1. The first-order valence-electron chi connectivity index (χ1n) is 7.05. The minimum Gasteiger partial charge on any atom is -0.384 e. The van der Waals surface area contributed by atoms with E-state index >= 15 is 0 Å². The standard InChI is InChI=1S/C15H25N5/c1-9-6-11(3)18-15(13(9)14(16)17)20-7-10(2)12(8-20)19(4)5/h6,10,12H,7-8H2,1-5H3,(H3,16,17). The van der Waals surface area contributed by atoms with Crippen LogP contribution in [0.5, 0.6) is 0 Å². The largest absolute Gasteiger partial charge is 0.384 e. The first-order valence-corrected chi connectivity index (χ1v) is 7.05. The Hall–Kier alpha value is -1.62. The molecule has 0 amide bonds. The van der Waals surface area contributed by atoms with Crippen LogP contribution in [0.15, 0.2) is 6.07 Å². The summed E-state index contributed by atoms with van der Waals surface area (Å²) in [5.74, 6) is 1.55. The van der Waals surface area contributed by atoms with Crippen LogP contribution in [0.1, 0.15) is 23.7 Å². The monoisotopic (exact) mass is 275 g/mol. The Labute approximate surface area is 121 Å². The molecule has 110 valence electrons. The highest BCUT2D eigenvalue weighted by Gasteiger charge is 2.33. The number of amidine groups is 1. The van der Waals surface area contributed by atoms with Crippen LogP contribution in [0.3, 0.4) is 0 Å². The Morgan fingerprint density at radius 2 is 2.05 bits per heavy atom. The van der Waals surface area contributed by atoms with E-state index in [0.717, 1.165) is 35.7 Å². The molecule has 3 N–H and O–H groups in total. The Morgan fingerprint density at radius 3 is 2.55 bits per heavy atom. The van der Waals surface area contributed by atoms with Crippen molar-refractivity contribution in [2.24, 2.45) is 11.7 Å². The maximum absolute atomic E-state index is 7.84. The third-order valence-electron chi connectivity index (χ3n) is 4.13. The van der Waals surface area contributed by atoms with Gasteiger partial charge in [0.15, 0.2) is 0 Å². The molecule has 0 aromatic carbocycles. The zero-order valence-electron chi connectivity index (χ0n) is 13.1.